The highest BCUT2D eigenvalue weighted by Crippen LogP contribution is 2.68. The SMILES string of the molecule is CC[Si](CC)(CC)OC1C[C@H](C(C)OC(C)=O)[C@@]2(C)CC[C@H]3[C@@H](CCC4CCCC[C@@]43C)[C@H]12. The number of hydrogen-bond donors (Lipinski definition) is 0. The van der Waals surface area contributed by atoms with Crippen molar-refractivity contribution in [2.45, 2.75) is 137 Å². The molecule has 3 nitrogen and oxygen atoms in total. The van der Waals surface area contributed by atoms with Crippen LogP contribution in [0.25, 0.3) is 0 Å². The van der Waals surface area contributed by atoms with Crippen molar-refractivity contribution in [1.29, 1.82) is 0 Å². The Morgan fingerprint density at radius 1 is 0.970 bits per heavy atom. The lowest BCUT2D eigenvalue weighted by molar-refractivity contribution is -0.155. The highest BCUT2D eigenvalue weighted by Gasteiger charge is 2.64. The summed E-state index contributed by atoms with van der Waals surface area (Å²) in [5, 5.41) is 0. The Balaban J connectivity index is 1.69. The van der Waals surface area contributed by atoms with E-state index >= 15 is 0 Å². The molecule has 0 aromatic carbocycles. The van der Waals surface area contributed by atoms with Crippen molar-refractivity contribution in [3.63, 3.8) is 0 Å². The first-order chi connectivity index (χ1) is 15.6. The van der Waals surface area contributed by atoms with Gasteiger partial charge in [0.15, 0.2) is 8.32 Å². The number of fused-ring (bicyclic) bond motifs is 5. The van der Waals surface area contributed by atoms with Crippen LogP contribution in [-0.2, 0) is 14.0 Å². The van der Waals surface area contributed by atoms with Crippen LogP contribution in [0, 0.1) is 40.4 Å². The Morgan fingerprint density at radius 3 is 2.30 bits per heavy atom. The molecule has 190 valence electrons. The molecule has 0 radical (unpaired) electrons. The van der Waals surface area contributed by atoms with Gasteiger partial charge in [0.25, 0.3) is 0 Å². The normalized spacial score (nSPS) is 43.8. The summed E-state index contributed by atoms with van der Waals surface area (Å²) in [6.45, 7) is 16.1. The maximum Gasteiger partial charge on any atom is 0.302 e. The van der Waals surface area contributed by atoms with Gasteiger partial charge in [0.2, 0.25) is 0 Å². The van der Waals surface area contributed by atoms with Crippen molar-refractivity contribution >= 4 is 14.3 Å². The summed E-state index contributed by atoms with van der Waals surface area (Å²) < 4.78 is 13.2. The second kappa shape index (κ2) is 9.60. The quantitative estimate of drug-likeness (QED) is 0.276. The lowest BCUT2D eigenvalue weighted by Gasteiger charge is -2.61. The van der Waals surface area contributed by atoms with E-state index in [2.05, 4.69) is 41.5 Å². The van der Waals surface area contributed by atoms with Crippen LogP contribution < -0.4 is 0 Å². The second-order valence-corrected chi connectivity index (χ2v) is 17.6. The van der Waals surface area contributed by atoms with Gasteiger partial charge in [0.1, 0.15) is 6.10 Å². The molecule has 0 bridgehead atoms. The summed E-state index contributed by atoms with van der Waals surface area (Å²) in [5.41, 5.74) is 0.773. The van der Waals surface area contributed by atoms with E-state index in [1.165, 1.54) is 69.5 Å². The zero-order valence-corrected chi connectivity index (χ0v) is 23.8. The van der Waals surface area contributed by atoms with E-state index in [1.807, 2.05) is 0 Å². The van der Waals surface area contributed by atoms with Crippen molar-refractivity contribution in [3.8, 4) is 0 Å². The van der Waals surface area contributed by atoms with Crippen molar-refractivity contribution < 1.29 is 14.0 Å². The molecule has 4 rings (SSSR count). The van der Waals surface area contributed by atoms with Crippen LogP contribution in [0.15, 0.2) is 0 Å². The molecular weight excluding hydrogens is 424 g/mol. The molecule has 9 atom stereocenters. The predicted molar refractivity (Wildman–Crippen MR) is 139 cm³/mol. The van der Waals surface area contributed by atoms with E-state index in [0.717, 1.165) is 24.2 Å². The van der Waals surface area contributed by atoms with Crippen molar-refractivity contribution in [2.24, 2.45) is 40.4 Å². The molecule has 0 amide bonds. The highest BCUT2D eigenvalue weighted by molar-refractivity contribution is 6.73. The van der Waals surface area contributed by atoms with E-state index in [4.69, 9.17) is 9.16 Å². The summed E-state index contributed by atoms with van der Waals surface area (Å²) >= 11 is 0. The van der Waals surface area contributed by atoms with E-state index < -0.39 is 8.32 Å². The van der Waals surface area contributed by atoms with Gasteiger partial charge in [-0.3, -0.25) is 4.79 Å². The van der Waals surface area contributed by atoms with Gasteiger partial charge in [-0.1, -0.05) is 47.5 Å². The average Bonchev–Trinajstić information content (AvgIpc) is 3.09. The monoisotopic (exact) mass is 476 g/mol. The minimum absolute atomic E-state index is 0.0114. The van der Waals surface area contributed by atoms with Crippen molar-refractivity contribution in [1.82, 2.24) is 0 Å². The fraction of sp³-hybridized carbons (Fsp3) is 0.966. The molecule has 0 aliphatic heterocycles. The van der Waals surface area contributed by atoms with Gasteiger partial charge >= 0.3 is 5.97 Å². The Hall–Kier alpha value is -0.353. The van der Waals surface area contributed by atoms with Gasteiger partial charge in [-0.2, -0.15) is 0 Å². The third-order valence-electron chi connectivity index (χ3n) is 11.9. The zero-order valence-electron chi connectivity index (χ0n) is 22.8. The van der Waals surface area contributed by atoms with Crippen molar-refractivity contribution in [2.75, 3.05) is 0 Å². The molecule has 33 heavy (non-hydrogen) atoms. The Bertz CT molecular complexity index is 697. The lowest BCUT2D eigenvalue weighted by Crippen LogP contribution is -2.56. The van der Waals surface area contributed by atoms with Crippen LogP contribution >= 0.6 is 0 Å². The fourth-order valence-corrected chi connectivity index (χ4v) is 12.8. The zero-order chi connectivity index (χ0) is 24.0. The Morgan fingerprint density at radius 2 is 1.67 bits per heavy atom. The standard InChI is InChI=1S/C29H52O3Si/c1-8-33(9-2,10-3)32-26-19-25(20(4)31-21(5)30)29(7)18-16-24-23(27(26)29)15-14-22-13-11-12-17-28(22,24)6/h20,22-27H,8-19H2,1-7H3/t20?,22?,23-,24+,25-,26?,27-,28+,29-/m1/s1. The van der Waals surface area contributed by atoms with Crippen LogP contribution in [0.2, 0.25) is 18.1 Å². The molecule has 4 aliphatic carbocycles. The van der Waals surface area contributed by atoms with Gasteiger partial charge in [-0.25, -0.2) is 0 Å². The number of rotatable bonds is 7. The Labute approximate surface area is 205 Å². The highest BCUT2D eigenvalue weighted by atomic mass is 28.4. The maximum absolute atomic E-state index is 11.9. The van der Waals surface area contributed by atoms with Gasteiger partial charge in [0.05, 0.1) is 0 Å². The third-order valence-corrected chi connectivity index (χ3v) is 16.5. The first kappa shape index (κ1) is 25.7. The predicted octanol–water partition coefficient (Wildman–Crippen LogP) is 7.99. The van der Waals surface area contributed by atoms with Crippen LogP contribution in [-0.4, -0.2) is 26.5 Å². The molecule has 0 N–H and O–H groups in total. The average molecular weight is 477 g/mol. The molecule has 3 unspecified atom stereocenters. The summed E-state index contributed by atoms with van der Waals surface area (Å²) in [7, 11) is -1.71. The number of carbonyl (C=O) groups excluding carboxylic acids is 1. The van der Waals surface area contributed by atoms with E-state index in [9.17, 15) is 4.79 Å². The third kappa shape index (κ3) is 4.28. The first-order valence-corrected chi connectivity index (χ1v) is 17.0. The minimum atomic E-state index is -1.71. The van der Waals surface area contributed by atoms with Gasteiger partial charge in [-0.15, -0.1) is 0 Å². The summed E-state index contributed by atoms with van der Waals surface area (Å²) in [4.78, 5) is 11.9. The molecule has 4 fully saturated rings. The first-order valence-electron chi connectivity index (χ1n) is 14.5. The maximum atomic E-state index is 11.9. The molecule has 4 saturated carbocycles. The number of esters is 1. The number of hydrogen-bond acceptors (Lipinski definition) is 3. The summed E-state index contributed by atoms with van der Waals surface area (Å²) in [5.74, 6) is 3.53. The van der Waals surface area contributed by atoms with E-state index in [-0.39, 0.29) is 17.5 Å². The molecule has 0 heterocycles. The summed E-state index contributed by atoms with van der Waals surface area (Å²) in [6.07, 6.45) is 12.7. The molecule has 4 heteroatoms. The molecule has 0 spiro atoms. The van der Waals surface area contributed by atoms with Crippen LogP contribution in [0.5, 0.6) is 0 Å². The van der Waals surface area contributed by atoms with Crippen LogP contribution in [0.1, 0.15) is 106 Å². The largest absolute Gasteiger partial charge is 0.463 e. The smallest absolute Gasteiger partial charge is 0.302 e. The molecule has 0 saturated heterocycles. The van der Waals surface area contributed by atoms with Crippen LogP contribution in [0.4, 0.5) is 0 Å². The molecule has 0 aromatic rings. The molecular formula is C29H52O3Si. The second-order valence-electron chi connectivity index (χ2n) is 12.9. The Kier molecular flexibility index (Phi) is 7.48. The van der Waals surface area contributed by atoms with Crippen LogP contribution in [0.3, 0.4) is 0 Å². The number of ether oxygens (including phenoxy) is 1. The van der Waals surface area contributed by atoms with Gasteiger partial charge in [0, 0.05) is 18.9 Å². The van der Waals surface area contributed by atoms with Crippen molar-refractivity contribution in [3.05, 3.63) is 0 Å². The molecule has 0 aromatic heterocycles. The summed E-state index contributed by atoms with van der Waals surface area (Å²) in [6, 6.07) is 3.66. The van der Waals surface area contributed by atoms with Gasteiger partial charge in [-0.05, 0) is 105 Å². The number of carbonyl (C=O) groups is 1. The molecule has 4 aliphatic rings. The van der Waals surface area contributed by atoms with Gasteiger partial charge < -0.3 is 9.16 Å². The lowest BCUT2D eigenvalue weighted by atomic mass is 9.44. The minimum Gasteiger partial charge on any atom is -0.463 e. The van der Waals surface area contributed by atoms with E-state index in [0.29, 0.717) is 23.4 Å². The van der Waals surface area contributed by atoms with E-state index in [1.54, 1.807) is 6.92 Å². The topological polar surface area (TPSA) is 35.5 Å². The fourth-order valence-electron chi connectivity index (χ4n) is 9.89.